The van der Waals surface area contributed by atoms with Gasteiger partial charge < -0.3 is 19.9 Å². The summed E-state index contributed by atoms with van der Waals surface area (Å²) in [7, 11) is 0. The number of rotatable bonds is 10. The van der Waals surface area contributed by atoms with Crippen LogP contribution in [0.2, 0.25) is 0 Å². The second-order valence-corrected chi connectivity index (χ2v) is 6.14. The van der Waals surface area contributed by atoms with Gasteiger partial charge in [-0.05, 0) is 48.7 Å². The second kappa shape index (κ2) is 10.5. The molecule has 146 valence electrons. The molecule has 0 spiro atoms. The minimum atomic E-state index is -0.919. The van der Waals surface area contributed by atoms with Crippen molar-refractivity contribution in [3.63, 3.8) is 0 Å². The highest BCUT2D eigenvalue weighted by molar-refractivity contribution is 5.94. The van der Waals surface area contributed by atoms with E-state index in [9.17, 15) is 14.3 Å². The van der Waals surface area contributed by atoms with Gasteiger partial charge in [0.1, 0.15) is 5.82 Å². The van der Waals surface area contributed by atoms with Crippen molar-refractivity contribution >= 4 is 5.91 Å². The summed E-state index contributed by atoms with van der Waals surface area (Å²) < 4.78 is 24.3. The first-order chi connectivity index (χ1) is 13.0. The maximum Gasteiger partial charge on any atom is 0.251 e. The zero-order valence-corrected chi connectivity index (χ0v) is 15.7. The Hall–Kier alpha value is -2.60. The van der Waals surface area contributed by atoms with Crippen LogP contribution < -0.4 is 14.8 Å². The molecular weight excluding hydrogens is 349 g/mol. The SMILES string of the molecule is CCCOc1ccc(C(=O)NCC(O)c2ccc(F)cc2)cc1OCCC. The summed E-state index contributed by atoms with van der Waals surface area (Å²) in [6.07, 6.45) is 0.794. The van der Waals surface area contributed by atoms with E-state index in [-0.39, 0.29) is 18.3 Å². The van der Waals surface area contributed by atoms with Gasteiger partial charge in [-0.1, -0.05) is 26.0 Å². The lowest BCUT2D eigenvalue weighted by Gasteiger charge is -2.15. The number of aliphatic hydroxyl groups excluding tert-OH is 1. The Morgan fingerprint density at radius 3 is 2.30 bits per heavy atom. The number of amides is 1. The molecule has 1 unspecified atom stereocenters. The zero-order valence-electron chi connectivity index (χ0n) is 15.7. The molecule has 2 N–H and O–H groups in total. The molecular formula is C21H26FNO4. The molecule has 0 fully saturated rings. The topological polar surface area (TPSA) is 67.8 Å². The molecule has 0 saturated heterocycles. The van der Waals surface area contributed by atoms with E-state index < -0.39 is 6.10 Å². The number of ether oxygens (including phenoxy) is 2. The van der Waals surface area contributed by atoms with Gasteiger partial charge in [0.15, 0.2) is 11.5 Å². The van der Waals surface area contributed by atoms with E-state index in [0.717, 1.165) is 12.8 Å². The van der Waals surface area contributed by atoms with Crippen LogP contribution in [0.25, 0.3) is 0 Å². The molecule has 0 aliphatic heterocycles. The Bertz CT molecular complexity index is 733. The Morgan fingerprint density at radius 2 is 1.67 bits per heavy atom. The summed E-state index contributed by atoms with van der Waals surface area (Å²) in [6.45, 7) is 5.12. The Balaban J connectivity index is 2.02. The van der Waals surface area contributed by atoms with Gasteiger partial charge in [-0.25, -0.2) is 4.39 Å². The molecule has 2 rings (SSSR count). The monoisotopic (exact) mass is 375 g/mol. The number of carbonyl (C=O) groups is 1. The largest absolute Gasteiger partial charge is 0.490 e. The zero-order chi connectivity index (χ0) is 19.6. The van der Waals surface area contributed by atoms with E-state index >= 15 is 0 Å². The maximum atomic E-state index is 12.9. The van der Waals surface area contributed by atoms with Crippen molar-refractivity contribution in [1.82, 2.24) is 5.32 Å². The third-order valence-electron chi connectivity index (χ3n) is 3.84. The summed E-state index contributed by atoms with van der Waals surface area (Å²) in [5, 5.41) is 12.8. The maximum absolute atomic E-state index is 12.9. The third-order valence-corrected chi connectivity index (χ3v) is 3.84. The molecule has 0 radical (unpaired) electrons. The fourth-order valence-corrected chi connectivity index (χ4v) is 2.40. The third kappa shape index (κ3) is 6.25. The smallest absolute Gasteiger partial charge is 0.251 e. The summed E-state index contributed by atoms with van der Waals surface area (Å²) >= 11 is 0. The number of hydrogen-bond donors (Lipinski definition) is 2. The minimum absolute atomic E-state index is 0.0176. The molecule has 6 heteroatoms. The molecule has 0 heterocycles. The van der Waals surface area contributed by atoms with Gasteiger partial charge in [0.05, 0.1) is 19.3 Å². The Kier molecular flexibility index (Phi) is 8.07. The summed E-state index contributed by atoms with van der Waals surface area (Å²) in [5.74, 6) is 0.421. The van der Waals surface area contributed by atoms with Crippen LogP contribution in [0.3, 0.4) is 0 Å². The Morgan fingerprint density at radius 1 is 1.04 bits per heavy atom. The average molecular weight is 375 g/mol. The average Bonchev–Trinajstić information content (AvgIpc) is 2.69. The number of aliphatic hydroxyl groups is 1. The minimum Gasteiger partial charge on any atom is -0.490 e. The molecule has 2 aromatic rings. The highest BCUT2D eigenvalue weighted by Gasteiger charge is 2.14. The van der Waals surface area contributed by atoms with Gasteiger partial charge in [0.25, 0.3) is 5.91 Å². The van der Waals surface area contributed by atoms with Crippen LogP contribution in [0.15, 0.2) is 42.5 Å². The highest BCUT2D eigenvalue weighted by Crippen LogP contribution is 2.29. The van der Waals surface area contributed by atoms with E-state index in [2.05, 4.69) is 5.32 Å². The number of carbonyl (C=O) groups excluding carboxylic acids is 1. The van der Waals surface area contributed by atoms with Crippen molar-refractivity contribution in [3.05, 3.63) is 59.4 Å². The van der Waals surface area contributed by atoms with Gasteiger partial charge in [-0.15, -0.1) is 0 Å². The van der Waals surface area contributed by atoms with Gasteiger partial charge in [0, 0.05) is 12.1 Å². The lowest BCUT2D eigenvalue weighted by atomic mass is 10.1. The quantitative estimate of drug-likeness (QED) is 0.662. The molecule has 5 nitrogen and oxygen atoms in total. The standard InChI is InChI=1S/C21H26FNO4/c1-3-11-26-19-10-7-16(13-20(19)27-12-4-2)21(25)23-14-18(24)15-5-8-17(22)9-6-15/h5-10,13,18,24H,3-4,11-12,14H2,1-2H3,(H,23,25). The van der Waals surface area contributed by atoms with Crippen LogP contribution >= 0.6 is 0 Å². The van der Waals surface area contributed by atoms with Gasteiger partial charge in [-0.3, -0.25) is 4.79 Å². The summed E-state index contributed by atoms with van der Waals surface area (Å²) in [5.41, 5.74) is 0.947. The van der Waals surface area contributed by atoms with Crippen molar-refractivity contribution in [2.45, 2.75) is 32.8 Å². The van der Waals surface area contributed by atoms with E-state index in [1.807, 2.05) is 13.8 Å². The molecule has 0 saturated carbocycles. The van der Waals surface area contributed by atoms with E-state index in [4.69, 9.17) is 9.47 Å². The molecule has 27 heavy (non-hydrogen) atoms. The van der Waals surface area contributed by atoms with Crippen LogP contribution in [-0.2, 0) is 0 Å². The first-order valence-electron chi connectivity index (χ1n) is 9.16. The lowest BCUT2D eigenvalue weighted by Crippen LogP contribution is -2.28. The molecule has 0 bridgehead atoms. The Labute approximate surface area is 159 Å². The number of benzene rings is 2. The van der Waals surface area contributed by atoms with Crippen molar-refractivity contribution < 1.29 is 23.8 Å². The normalized spacial score (nSPS) is 11.7. The van der Waals surface area contributed by atoms with Crippen molar-refractivity contribution in [2.75, 3.05) is 19.8 Å². The molecule has 1 amide bonds. The number of hydrogen-bond acceptors (Lipinski definition) is 4. The van der Waals surface area contributed by atoms with Gasteiger partial charge in [0.2, 0.25) is 0 Å². The molecule has 0 aliphatic carbocycles. The van der Waals surface area contributed by atoms with Gasteiger partial charge in [-0.2, -0.15) is 0 Å². The van der Waals surface area contributed by atoms with E-state index in [1.54, 1.807) is 18.2 Å². The van der Waals surface area contributed by atoms with Crippen LogP contribution in [0.4, 0.5) is 4.39 Å². The van der Waals surface area contributed by atoms with Crippen molar-refractivity contribution in [2.24, 2.45) is 0 Å². The first kappa shape index (κ1) is 20.7. The predicted octanol–water partition coefficient (Wildman–Crippen LogP) is 3.87. The fourth-order valence-electron chi connectivity index (χ4n) is 2.40. The number of nitrogens with one attached hydrogen (secondary N) is 1. The van der Waals surface area contributed by atoms with Crippen LogP contribution in [0.1, 0.15) is 48.7 Å². The molecule has 0 aliphatic rings. The van der Waals surface area contributed by atoms with Crippen LogP contribution in [-0.4, -0.2) is 30.8 Å². The highest BCUT2D eigenvalue weighted by atomic mass is 19.1. The lowest BCUT2D eigenvalue weighted by molar-refractivity contribution is 0.0915. The van der Waals surface area contributed by atoms with Gasteiger partial charge >= 0.3 is 0 Å². The van der Waals surface area contributed by atoms with Crippen molar-refractivity contribution in [3.8, 4) is 11.5 Å². The van der Waals surface area contributed by atoms with E-state index in [0.29, 0.717) is 35.8 Å². The first-order valence-corrected chi connectivity index (χ1v) is 9.16. The number of halogens is 1. The van der Waals surface area contributed by atoms with Crippen LogP contribution in [0, 0.1) is 5.82 Å². The molecule has 0 aromatic heterocycles. The summed E-state index contributed by atoms with van der Waals surface area (Å²) in [4.78, 5) is 12.4. The van der Waals surface area contributed by atoms with E-state index in [1.165, 1.54) is 24.3 Å². The fraction of sp³-hybridized carbons (Fsp3) is 0.381. The van der Waals surface area contributed by atoms with Crippen LogP contribution in [0.5, 0.6) is 11.5 Å². The molecule has 2 aromatic carbocycles. The predicted molar refractivity (Wildman–Crippen MR) is 102 cm³/mol. The summed E-state index contributed by atoms with van der Waals surface area (Å²) in [6, 6.07) is 10.5. The van der Waals surface area contributed by atoms with Crippen molar-refractivity contribution in [1.29, 1.82) is 0 Å². The molecule has 1 atom stereocenters. The second-order valence-electron chi connectivity index (χ2n) is 6.14.